The zero-order valence-electron chi connectivity index (χ0n) is 12.1. The molecule has 0 fully saturated rings. The van der Waals surface area contributed by atoms with Gasteiger partial charge in [-0.25, -0.2) is 9.97 Å². The molecule has 0 unspecified atom stereocenters. The molecule has 0 aliphatic carbocycles. The largest absolute Gasteiger partial charge is 0.365 e. The molecule has 0 aromatic carbocycles. The van der Waals surface area contributed by atoms with E-state index in [1.54, 1.807) is 28.3 Å². The molecular weight excluding hydrogens is 272 g/mol. The average Bonchev–Trinajstić information content (AvgIpc) is 2.79. The predicted octanol–water partition coefficient (Wildman–Crippen LogP) is 2.32. The molecule has 0 saturated heterocycles. The minimum absolute atomic E-state index is 0.0596. The van der Waals surface area contributed by atoms with Crippen molar-refractivity contribution in [3.63, 3.8) is 0 Å². The fourth-order valence-electron chi connectivity index (χ4n) is 1.94. The number of aromatic nitrogens is 3. The van der Waals surface area contributed by atoms with Crippen LogP contribution in [0.15, 0.2) is 22.6 Å². The van der Waals surface area contributed by atoms with Crippen molar-refractivity contribution >= 4 is 17.2 Å². The molecule has 0 radical (unpaired) electrons. The third-order valence-electron chi connectivity index (χ3n) is 2.82. The van der Waals surface area contributed by atoms with Gasteiger partial charge in [0.1, 0.15) is 0 Å². The maximum absolute atomic E-state index is 12.2. The quantitative estimate of drug-likeness (QED) is 0.887. The molecule has 0 aliphatic heterocycles. The van der Waals surface area contributed by atoms with Crippen molar-refractivity contribution in [3.05, 3.63) is 38.8 Å². The molecular formula is C14H20N4OS. The second-order valence-electron chi connectivity index (χ2n) is 5.16. The molecule has 5 nitrogen and oxygen atoms in total. The van der Waals surface area contributed by atoms with Gasteiger partial charge in [0.25, 0.3) is 5.56 Å². The predicted molar refractivity (Wildman–Crippen MR) is 82.4 cm³/mol. The summed E-state index contributed by atoms with van der Waals surface area (Å²) in [6, 6.07) is 0. The Labute approximate surface area is 122 Å². The first kappa shape index (κ1) is 14.7. The Morgan fingerprint density at radius 3 is 2.90 bits per heavy atom. The molecule has 0 amide bonds. The van der Waals surface area contributed by atoms with E-state index >= 15 is 0 Å². The minimum Gasteiger partial charge on any atom is -0.365 e. The summed E-state index contributed by atoms with van der Waals surface area (Å²) in [5.41, 5.74) is 0.995. The van der Waals surface area contributed by atoms with E-state index < -0.39 is 0 Å². The van der Waals surface area contributed by atoms with Crippen LogP contribution in [0.3, 0.4) is 0 Å². The summed E-state index contributed by atoms with van der Waals surface area (Å²) in [4.78, 5) is 20.7. The Kier molecular flexibility index (Phi) is 4.89. The van der Waals surface area contributed by atoms with E-state index in [9.17, 15) is 4.79 Å². The summed E-state index contributed by atoms with van der Waals surface area (Å²) in [5, 5.41) is 6.22. The van der Waals surface area contributed by atoms with Crippen molar-refractivity contribution in [2.24, 2.45) is 5.92 Å². The number of hydrogen-bond acceptors (Lipinski definition) is 5. The number of nitrogens with one attached hydrogen (secondary N) is 1. The van der Waals surface area contributed by atoms with Gasteiger partial charge in [0.2, 0.25) is 0 Å². The van der Waals surface area contributed by atoms with Gasteiger partial charge in [0.15, 0.2) is 5.82 Å². The van der Waals surface area contributed by atoms with Crippen LogP contribution in [0.5, 0.6) is 0 Å². The van der Waals surface area contributed by atoms with Gasteiger partial charge < -0.3 is 9.88 Å². The van der Waals surface area contributed by atoms with Crippen LogP contribution in [-0.4, -0.2) is 21.1 Å². The molecule has 0 bridgehead atoms. The number of rotatable bonds is 6. The van der Waals surface area contributed by atoms with Crippen LogP contribution in [0.25, 0.3) is 0 Å². The third kappa shape index (κ3) is 3.90. The highest BCUT2D eigenvalue weighted by atomic mass is 32.1. The van der Waals surface area contributed by atoms with E-state index in [0.717, 1.165) is 17.1 Å². The lowest BCUT2D eigenvalue weighted by molar-refractivity contribution is 0.509. The van der Waals surface area contributed by atoms with Crippen molar-refractivity contribution < 1.29 is 0 Å². The summed E-state index contributed by atoms with van der Waals surface area (Å²) in [6.07, 6.45) is 4.20. The van der Waals surface area contributed by atoms with E-state index in [1.807, 2.05) is 12.3 Å². The Morgan fingerprint density at radius 1 is 1.45 bits per heavy atom. The molecule has 2 aromatic rings. The van der Waals surface area contributed by atoms with Gasteiger partial charge in [-0.2, -0.15) is 0 Å². The first-order chi connectivity index (χ1) is 9.56. The molecule has 108 valence electrons. The van der Waals surface area contributed by atoms with E-state index in [0.29, 0.717) is 24.8 Å². The van der Waals surface area contributed by atoms with Gasteiger partial charge >= 0.3 is 0 Å². The second kappa shape index (κ2) is 6.65. The molecule has 0 spiro atoms. The van der Waals surface area contributed by atoms with Crippen LogP contribution < -0.4 is 10.9 Å². The number of thiazole rings is 1. The number of nitrogens with zero attached hydrogens (tertiary/aromatic N) is 3. The Balaban J connectivity index is 1.97. The Morgan fingerprint density at radius 2 is 2.25 bits per heavy atom. The van der Waals surface area contributed by atoms with Crippen molar-refractivity contribution in [1.29, 1.82) is 0 Å². The van der Waals surface area contributed by atoms with Crippen LogP contribution in [0.2, 0.25) is 0 Å². The fourth-order valence-corrected chi connectivity index (χ4v) is 2.58. The first-order valence-electron chi connectivity index (χ1n) is 6.76. The molecule has 0 saturated carbocycles. The molecule has 0 aliphatic rings. The topological polar surface area (TPSA) is 59.8 Å². The molecule has 20 heavy (non-hydrogen) atoms. The van der Waals surface area contributed by atoms with Crippen LogP contribution in [0.1, 0.15) is 24.5 Å². The zero-order chi connectivity index (χ0) is 14.5. The van der Waals surface area contributed by atoms with Gasteiger partial charge in [-0.05, 0) is 12.8 Å². The number of aryl methyl sites for hydroxylation is 1. The Bertz CT molecular complexity index is 618. The van der Waals surface area contributed by atoms with E-state index in [4.69, 9.17) is 0 Å². The van der Waals surface area contributed by atoms with Crippen molar-refractivity contribution in [1.82, 2.24) is 14.5 Å². The second-order valence-corrected chi connectivity index (χ2v) is 6.22. The molecule has 2 heterocycles. The van der Waals surface area contributed by atoms with E-state index in [1.165, 1.54) is 0 Å². The molecule has 2 rings (SSSR count). The minimum atomic E-state index is -0.0596. The molecule has 2 aromatic heterocycles. The lowest BCUT2D eigenvalue weighted by atomic mass is 10.2. The molecule has 6 heteroatoms. The number of hydrogen-bond donors (Lipinski definition) is 1. The monoisotopic (exact) mass is 292 g/mol. The van der Waals surface area contributed by atoms with Crippen molar-refractivity contribution in [3.8, 4) is 0 Å². The van der Waals surface area contributed by atoms with Crippen LogP contribution in [-0.2, 0) is 13.0 Å². The van der Waals surface area contributed by atoms with E-state index in [2.05, 4.69) is 29.1 Å². The standard InChI is InChI=1S/C14H20N4OS/c1-10(2)8-18-7-6-16-13(14(18)19)15-5-4-12-9-20-11(3)17-12/h6-7,9-10H,4-5,8H2,1-3H3,(H,15,16). The first-order valence-corrected chi connectivity index (χ1v) is 7.64. The molecule has 0 atom stereocenters. The average molecular weight is 292 g/mol. The highest BCUT2D eigenvalue weighted by Gasteiger charge is 2.06. The van der Waals surface area contributed by atoms with Gasteiger partial charge in [0, 0.05) is 37.3 Å². The van der Waals surface area contributed by atoms with Gasteiger partial charge in [-0.15, -0.1) is 11.3 Å². The summed E-state index contributed by atoms with van der Waals surface area (Å²) in [7, 11) is 0. The molecule has 1 N–H and O–H groups in total. The maximum Gasteiger partial charge on any atom is 0.293 e. The summed E-state index contributed by atoms with van der Waals surface area (Å²) in [6.45, 7) is 7.54. The SMILES string of the molecule is Cc1nc(CCNc2nccn(CC(C)C)c2=O)cs1. The lowest BCUT2D eigenvalue weighted by Crippen LogP contribution is -2.26. The smallest absolute Gasteiger partial charge is 0.293 e. The van der Waals surface area contributed by atoms with Crippen molar-refractivity contribution in [2.75, 3.05) is 11.9 Å². The maximum atomic E-state index is 12.2. The zero-order valence-corrected chi connectivity index (χ0v) is 12.9. The van der Waals surface area contributed by atoms with Crippen LogP contribution in [0.4, 0.5) is 5.82 Å². The van der Waals surface area contributed by atoms with E-state index in [-0.39, 0.29) is 5.56 Å². The summed E-state index contributed by atoms with van der Waals surface area (Å²) < 4.78 is 1.70. The third-order valence-corrected chi connectivity index (χ3v) is 3.64. The number of anilines is 1. The lowest BCUT2D eigenvalue weighted by Gasteiger charge is -2.10. The van der Waals surface area contributed by atoms with Crippen LogP contribution in [0, 0.1) is 12.8 Å². The Hall–Kier alpha value is -1.69. The van der Waals surface area contributed by atoms with Crippen molar-refractivity contribution in [2.45, 2.75) is 33.7 Å². The fraction of sp³-hybridized carbons (Fsp3) is 0.500. The highest BCUT2D eigenvalue weighted by molar-refractivity contribution is 7.09. The summed E-state index contributed by atoms with van der Waals surface area (Å²) in [5.74, 6) is 0.848. The highest BCUT2D eigenvalue weighted by Crippen LogP contribution is 2.08. The normalized spacial score (nSPS) is 11.0. The summed E-state index contributed by atoms with van der Waals surface area (Å²) >= 11 is 1.64. The van der Waals surface area contributed by atoms with Gasteiger partial charge in [-0.3, -0.25) is 4.79 Å². The van der Waals surface area contributed by atoms with Gasteiger partial charge in [0.05, 0.1) is 10.7 Å². The van der Waals surface area contributed by atoms with Crippen LogP contribution >= 0.6 is 11.3 Å². The van der Waals surface area contributed by atoms with Gasteiger partial charge in [-0.1, -0.05) is 13.8 Å².